The predicted octanol–water partition coefficient (Wildman–Crippen LogP) is 2.59. The van der Waals surface area contributed by atoms with Crippen molar-refractivity contribution in [2.75, 3.05) is 0 Å². The molecule has 2 rings (SSSR count). The lowest BCUT2D eigenvalue weighted by Crippen LogP contribution is -2.40. The Labute approximate surface area is 103 Å². The summed E-state index contributed by atoms with van der Waals surface area (Å²) in [5.74, 6) is 0. The topological polar surface area (TPSA) is 0 Å². The molecule has 0 heterocycles. The van der Waals surface area contributed by atoms with Crippen LogP contribution in [-0.4, -0.2) is 8.80 Å². The van der Waals surface area contributed by atoms with E-state index < -0.39 is 8.80 Å². The molecule has 0 N–H and O–H groups in total. The second-order valence-electron chi connectivity index (χ2n) is 3.44. The molecule has 0 nitrogen and oxygen atoms in total. The van der Waals surface area contributed by atoms with Gasteiger partial charge in [-0.2, -0.15) is 0 Å². The van der Waals surface area contributed by atoms with Crippen molar-refractivity contribution in [2.24, 2.45) is 0 Å². The van der Waals surface area contributed by atoms with Crippen molar-refractivity contribution >= 4 is 30.8 Å². The predicted molar refractivity (Wildman–Crippen MR) is 72.9 cm³/mol. The van der Waals surface area contributed by atoms with E-state index in [1.807, 2.05) is 12.1 Å². The van der Waals surface area contributed by atoms with Crippen LogP contribution in [0.2, 0.25) is 0 Å². The van der Waals surface area contributed by atoms with Crippen LogP contribution in [0.15, 0.2) is 71.9 Å². The lowest BCUT2D eigenvalue weighted by molar-refractivity contribution is 1.73. The molecule has 0 unspecified atom stereocenters. The molecule has 0 aliphatic rings. The minimum absolute atomic E-state index is 0.863. The van der Waals surface area contributed by atoms with Gasteiger partial charge >= 0.3 is 0 Å². The summed E-state index contributed by atoms with van der Waals surface area (Å²) in [7, 11) is -0.863. The molecule has 0 saturated carbocycles. The Balaban J connectivity index is 2.39. The summed E-state index contributed by atoms with van der Waals surface area (Å²) >= 11 is 5.74. The Morgan fingerprint density at radius 1 is 0.750 bits per heavy atom. The van der Waals surface area contributed by atoms with Crippen LogP contribution >= 0.6 is 11.6 Å². The Bertz CT molecular complexity index is 411. The monoisotopic (exact) mass is 243 g/mol. The Morgan fingerprint density at radius 3 is 1.56 bits per heavy atom. The third kappa shape index (κ3) is 2.63. The summed E-state index contributed by atoms with van der Waals surface area (Å²) in [4.78, 5) is 0. The molecule has 0 fully saturated rings. The van der Waals surface area contributed by atoms with Crippen LogP contribution in [0.3, 0.4) is 0 Å². The number of benzene rings is 2. The van der Waals surface area contributed by atoms with E-state index in [1.165, 1.54) is 10.4 Å². The minimum Gasteiger partial charge on any atom is -0.0937 e. The highest BCUT2D eigenvalue weighted by atomic mass is 35.5. The van der Waals surface area contributed by atoms with Crippen LogP contribution in [0.4, 0.5) is 0 Å². The lowest BCUT2D eigenvalue weighted by Gasteiger charge is -2.10. The van der Waals surface area contributed by atoms with Crippen LogP contribution in [-0.2, 0) is 0 Å². The molecule has 2 heteroatoms. The smallest absolute Gasteiger partial charge is 0.0937 e. The first-order valence-corrected chi connectivity index (χ1v) is 7.18. The summed E-state index contributed by atoms with van der Waals surface area (Å²) in [6.07, 6.45) is 0. The average molecular weight is 244 g/mol. The third-order valence-electron chi connectivity index (χ3n) is 2.40. The van der Waals surface area contributed by atoms with Gasteiger partial charge in [0.25, 0.3) is 0 Å². The van der Waals surface area contributed by atoms with Crippen molar-refractivity contribution in [2.45, 2.75) is 0 Å². The molecule has 16 heavy (non-hydrogen) atoms. The summed E-state index contributed by atoms with van der Waals surface area (Å²) in [6.45, 7) is 0. The van der Waals surface area contributed by atoms with Gasteiger partial charge in [-0.25, -0.2) is 0 Å². The van der Waals surface area contributed by atoms with Gasteiger partial charge in [-0.15, -0.1) is 0 Å². The third-order valence-corrected chi connectivity index (χ3v) is 5.15. The van der Waals surface area contributed by atoms with E-state index in [4.69, 9.17) is 11.6 Å². The van der Waals surface area contributed by atoms with Gasteiger partial charge in [0.1, 0.15) is 8.80 Å². The highest BCUT2D eigenvalue weighted by Gasteiger charge is 2.12. The fourth-order valence-electron chi connectivity index (χ4n) is 1.66. The Kier molecular flexibility index (Phi) is 3.97. The zero-order valence-corrected chi connectivity index (χ0v) is 10.6. The van der Waals surface area contributed by atoms with Crippen LogP contribution in [0.1, 0.15) is 0 Å². The van der Waals surface area contributed by atoms with Gasteiger partial charge in [-0.05, 0) is 5.54 Å². The minimum atomic E-state index is -0.863. The maximum absolute atomic E-state index is 5.74. The zero-order valence-electron chi connectivity index (χ0n) is 8.81. The van der Waals surface area contributed by atoms with Crippen LogP contribution in [0.25, 0.3) is 0 Å². The maximum Gasteiger partial charge on any atom is 0.147 e. The van der Waals surface area contributed by atoms with E-state index in [0.29, 0.717) is 0 Å². The van der Waals surface area contributed by atoms with Gasteiger partial charge in [-0.1, -0.05) is 88.3 Å². The Hall–Kier alpha value is -1.31. The van der Waals surface area contributed by atoms with Crippen molar-refractivity contribution < 1.29 is 0 Å². The fraction of sp³-hybridized carbons (Fsp3) is 0. The summed E-state index contributed by atoms with van der Waals surface area (Å²) < 4.78 is 0. The molecule has 0 aromatic heterocycles. The first-order chi connectivity index (χ1) is 7.92. The van der Waals surface area contributed by atoms with E-state index >= 15 is 0 Å². The number of hydrogen-bond acceptors (Lipinski definition) is 0. The van der Waals surface area contributed by atoms with E-state index in [9.17, 15) is 0 Å². The molecular weight excluding hydrogens is 232 g/mol. The highest BCUT2D eigenvalue weighted by molar-refractivity contribution is 6.89. The van der Waals surface area contributed by atoms with Crippen LogP contribution in [0.5, 0.6) is 0 Å². The summed E-state index contributed by atoms with van der Waals surface area (Å²) in [5, 5.41) is 2.71. The van der Waals surface area contributed by atoms with Crippen LogP contribution in [0, 0.1) is 0 Å². The maximum atomic E-state index is 5.74. The second kappa shape index (κ2) is 5.68. The summed E-state index contributed by atoms with van der Waals surface area (Å²) in [6, 6.07) is 21.0. The van der Waals surface area contributed by atoms with Crippen molar-refractivity contribution in [3.63, 3.8) is 0 Å². The zero-order chi connectivity index (χ0) is 11.2. The van der Waals surface area contributed by atoms with E-state index in [1.54, 1.807) is 5.54 Å². The summed E-state index contributed by atoms with van der Waals surface area (Å²) in [5.41, 5.74) is 3.74. The number of rotatable bonds is 3. The fourth-order valence-corrected chi connectivity index (χ4v) is 3.98. The van der Waals surface area contributed by atoms with Gasteiger partial charge in [0.05, 0.1) is 0 Å². The standard InChI is InChI=1S/C14H12ClSi/c15-11-12-16(13-7-3-1-4-8-13)14-9-5-2-6-10-14/h1-12H/b12-11+. The van der Waals surface area contributed by atoms with Crippen molar-refractivity contribution in [1.82, 2.24) is 0 Å². The van der Waals surface area contributed by atoms with Gasteiger partial charge in [0, 0.05) is 0 Å². The van der Waals surface area contributed by atoms with Crippen molar-refractivity contribution in [1.29, 1.82) is 0 Å². The second-order valence-corrected chi connectivity index (χ2v) is 6.01. The van der Waals surface area contributed by atoms with Gasteiger partial charge in [0.15, 0.2) is 0 Å². The molecule has 2 aromatic carbocycles. The van der Waals surface area contributed by atoms with E-state index in [2.05, 4.69) is 54.2 Å². The van der Waals surface area contributed by atoms with E-state index in [-0.39, 0.29) is 0 Å². The largest absolute Gasteiger partial charge is 0.147 e. The molecule has 0 bridgehead atoms. The molecule has 0 spiro atoms. The average Bonchev–Trinajstić information content (AvgIpc) is 2.38. The SMILES string of the molecule is Cl/C=C/[Si](c1ccccc1)c1ccccc1. The van der Waals surface area contributed by atoms with E-state index in [0.717, 1.165) is 0 Å². The quantitative estimate of drug-likeness (QED) is 0.727. The van der Waals surface area contributed by atoms with Gasteiger partial charge in [0.2, 0.25) is 0 Å². The Morgan fingerprint density at radius 2 is 1.19 bits per heavy atom. The molecule has 2 aromatic rings. The number of halogens is 1. The molecule has 0 amide bonds. The number of hydrogen-bond donors (Lipinski definition) is 0. The molecule has 0 aliphatic carbocycles. The lowest BCUT2D eigenvalue weighted by atomic mass is 10.4. The van der Waals surface area contributed by atoms with Gasteiger partial charge in [-0.3, -0.25) is 0 Å². The first-order valence-electron chi connectivity index (χ1n) is 5.16. The highest BCUT2D eigenvalue weighted by Crippen LogP contribution is 1.95. The molecular formula is C14H12ClSi. The molecule has 0 saturated heterocycles. The van der Waals surface area contributed by atoms with Crippen LogP contribution < -0.4 is 10.4 Å². The normalized spacial score (nSPS) is 11.1. The molecule has 0 atom stereocenters. The molecule has 0 aliphatic heterocycles. The molecule has 79 valence electrons. The van der Waals surface area contributed by atoms with Gasteiger partial charge < -0.3 is 0 Å². The molecule has 1 radical (unpaired) electrons. The van der Waals surface area contributed by atoms with Crippen molar-refractivity contribution in [3.05, 3.63) is 71.9 Å². The van der Waals surface area contributed by atoms with Crippen molar-refractivity contribution in [3.8, 4) is 0 Å². The first kappa shape index (κ1) is 11.2.